The molecule has 112 valence electrons. The zero-order chi connectivity index (χ0) is 15.2. The van der Waals surface area contributed by atoms with Crippen LogP contribution in [-0.2, 0) is 6.42 Å². The van der Waals surface area contributed by atoms with Crippen molar-refractivity contribution in [1.82, 2.24) is 14.7 Å². The number of nitrogens with one attached hydrogen (secondary N) is 2. The van der Waals surface area contributed by atoms with E-state index in [1.807, 2.05) is 26.0 Å². The highest BCUT2D eigenvalue weighted by Crippen LogP contribution is 2.26. The fraction of sp³-hybridized carbons (Fsp3) is 0.357. The number of nitrogens with zero attached hydrogens (tertiary/aromatic N) is 2. The normalized spacial score (nSPS) is 10.6. The minimum Gasteiger partial charge on any atom is -0.382 e. The van der Waals surface area contributed by atoms with Crippen molar-refractivity contribution < 1.29 is 4.79 Å². The number of aromatic nitrogens is 2. The van der Waals surface area contributed by atoms with Crippen molar-refractivity contribution in [3.63, 3.8) is 0 Å². The van der Waals surface area contributed by atoms with E-state index in [-0.39, 0.29) is 17.8 Å². The third-order valence-electron chi connectivity index (χ3n) is 2.81. The van der Waals surface area contributed by atoms with Crippen molar-refractivity contribution in [3.8, 4) is 0 Å². The summed E-state index contributed by atoms with van der Waals surface area (Å²) >= 11 is 1.21. The summed E-state index contributed by atoms with van der Waals surface area (Å²) in [5.74, 6) is 0.0761. The molecule has 2 heterocycles. The van der Waals surface area contributed by atoms with E-state index in [4.69, 9.17) is 5.73 Å². The monoisotopic (exact) mass is 305 g/mol. The average Bonchev–Trinajstić information content (AvgIpc) is 2.80. The van der Waals surface area contributed by atoms with Gasteiger partial charge in [-0.25, -0.2) is 0 Å². The summed E-state index contributed by atoms with van der Waals surface area (Å²) in [7, 11) is 0. The lowest BCUT2D eigenvalue weighted by atomic mass is 10.2. The van der Waals surface area contributed by atoms with Gasteiger partial charge in [0.05, 0.1) is 0 Å². The Morgan fingerprint density at radius 1 is 1.38 bits per heavy atom. The summed E-state index contributed by atoms with van der Waals surface area (Å²) in [6, 6.07) is 3.99. The van der Waals surface area contributed by atoms with Gasteiger partial charge in [0.15, 0.2) is 5.82 Å². The largest absolute Gasteiger partial charge is 0.382 e. The summed E-state index contributed by atoms with van der Waals surface area (Å²) in [4.78, 5) is 16.1. The van der Waals surface area contributed by atoms with Crippen molar-refractivity contribution in [2.75, 3.05) is 17.6 Å². The molecule has 0 unspecified atom stereocenters. The van der Waals surface area contributed by atoms with E-state index in [0.29, 0.717) is 17.1 Å². The van der Waals surface area contributed by atoms with Gasteiger partial charge in [-0.1, -0.05) is 0 Å². The number of nitrogen functional groups attached to an aromatic ring is 1. The maximum Gasteiger partial charge on any atom is 0.258 e. The Morgan fingerprint density at radius 3 is 2.76 bits per heavy atom. The lowest BCUT2D eigenvalue weighted by Crippen LogP contribution is -2.31. The first-order chi connectivity index (χ1) is 10.1. The van der Waals surface area contributed by atoms with E-state index in [1.54, 1.807) is 12.4 Å². The molecule has 0 saturated heterocycles. The molecule has 0 radical (unpaired) electrons. The fourth-order valence-electron chi connectivity index (χ4n) is 1.85. The molecule has 0 aliphatic carbocycles. The Hall–Kier alpha value is -2.15. The maximum absolute atomic E-state index is 12.1. The molecule has 0 aliphatic rings. The van der Waals surface area contributed by atoms with Crippen molar-refractivity contribution in [2.45, 2.75) is 26.3 Å². The molecule has 0 spiro atoms. The van der Waals surface area contributed by atoms with Gasteiger partial charge >= 0.3 is 0 Å². The zero-order valence-corrected chi connectivity index (χ0v) is 12.9. The minimum absolute atomic E-state index is 0.0569. The predicted molar refractivity (Wildman–Crippen MR) is 85.6 cm³/mol. The van der Waals surface area contributed by atoms with Crippen LogP contribution in [0.1, 0.15) is 29.8 Å². The molecule has 0 atom stereocenters. The third kappa shape index (κ3) is 4.16. The molecular weight excluding hydrogens is 286 g/mol. The molecule has 0 saturated carbocycles. The van der Waals surface area contributed by atoms with Crippen molar-refractivity contribution in [2.24, 2.45) is 0 Å². The molecule has 0 aromatic carbocycles. The molecule has 2 aromatic heterocycles. The lowest BCUT2D eigenvalue weighted by Gasteiger charge is -2.10. The topological polar surface area (TPSA) is 92.9 Å². The van der Waals surface area contributed by atoms with Gasteiger partial charge < -0.3 is 16.4 Å². The van der Waals surface area contributed by atoms with Crippen LogP contribution in [0.5, 0.6) is 0 Å². The van der Waals surface area contributed by atoms with E-state index in [2.05, 4.69) is 20.0 Å². The smallest absolute Gasteiger partial charge is 0.258 e. The van der Waals surface area contributed by atoms with Crippen LogP contribution in [0.4, 0.5) is 10.8 Å². The molecular formula is C14H19N5OS. The van der Waals surface area contributed by atoms with Crippen molar-refractivity contribution in [1.29, 1.82) is 0 Å². The molecule has 2 rings (SSSR count). The highest BCUT2D eigenvalue weighted by molar-refractivity contribution is 7.11. The Labute approximate surface area is 128 Å². The Kier molecular flexibility index (Phi) is 5.10. The summed E-state index contributed by atoms with van der Waals surface area (Å²) in [5.41, 5.74) is 7.41. The summed E-state index contributed by atoms with van der Waals surface area (Å²) < 4.78 is 4.06. The molecule has 21 heavy (non-hydrogen) atoms. The minimum atomic E-state index is -0.192. The fourth-order valence-corrected chi connectivity index (χ4v) is 2.58. The Morgan fingerprint density at radius 2 is 2.10 bits per heavy atom. The second-order valence-electron chi connectivity index (χ2n) is 4.93. The second kappa shape index (κ2) is 7.03. The first-order valence-corrected chi connectivity index (χ1v) is 7.54. The van der Waals surface area contributed by atoms with Gasteiger partial charge in [0.25, 0.3) is 5.91 Å². The highest BCUT2D eigenvalue weighted by Gasteiger charge is 2.19. The highest BCUT2D eigenvalue weighted by atomic mass is 32.1. The quantitative estimate of drug-likeness (QED) is 0.758. The predicted octanol–water partition coefficient (Wildman–Crippen LogP) is 1.91. The first-order valence-electron chi connectivity index (χ1n) is 6.76. The molecule has 0 fully saturated rings. The lowest BCUT2D eigenvalue weighted by molar-refractivity contribution is 0.0945. The van der Waals surface area contributed by atoms with Crippen LogP contribution < -0.4 is 16.4 Å². The van der Waals surface area contributed by atoms with E-state index < -0.39 is 0 Å². The number of pyridine rings is 1. The summed E-state index contributed by atoms with van der Waals surface area (Å²) in [6.07, 6.45) is 4.37. The number of carbonyl (C=O) groups excluding carboxylic acids is 1. The second-order valence-corrected chi connectivity index (χ2v) is 5.71. The molecule has 0 aliphatic heterocycles. The van der Waals surface area contributed by atoms with Gasteiger partial charge in [-0.15, -0.1) is 0 Å². The van der Waals surface area contributed by atoms with Gasteiger partial charge in [-0.05, 0) is 49.5 Å². The van der Waals surface area contributed by atoms with Gasteiger partial charge in [0, 0.05) is 25.0 Å². The van der Waals surface area contributed by atoms with Crippen molar-refractivity contribution >= 4 is 28.3 Å². The van der Waals surface area contributed by atoms with Crippen molar-refractivity contribution in [3.05, 3.63) is 35.7 Å². The van der Waals surface area contributed by atoms with Gasteiger partial charge in [-0.3, -0.25) is 9.78 Å². The average molecular weight is 305 g/mol. The zero-order valence-electron chi connectivity index (χ0n) is 12.1. The Balaban J connectivity index is 1.99. The third-order valence-corrected chi connectivity index (χ3v) is 3.63. The van der Waals surface area contributed by atoms with E-state index in [0.717, 1.165) is 6.42 Å². The number of carbonyl (C=O) groups is 1. The van der Waals surface area contributed by atoms with E-state index in [1.165, 1.54) is 17.1 Å². The molecule has 4 N–H and O–H groups in total. The van der Waals surface area contributed by atoms with Crippen LogP contribution in [0.2, 0.25) is 0 Å². The first kappa shape index (κ1) is 15.2. The number of hydrogen-bond donors (Lipinski definition) is 3. The van der Waals surface area contributed by atoms with Crippen LogP contribution >= 0.6 is 11.5 Å². The summed E-state index contributed by atoms with van der Waals surface area (Å²) in [5, 5.41) is 6.77. The van der Waals surface area contributed by atoms with Crippen LogP contribution in [0.25, 0.3) is 0 Å². The molecule has 0 bridgehead atoms. The van der Waals surface area contributed by atoms with Gasteiger partial charge in [0.1, 0.15) is 10.6 Å². The Bertz CT molecular complexity index is 597. The standard InChI is InChI=1S/C14H19N5OS/c1-9(2)18-13(20)11-12(15)19-21-14(11)17-8-5-10-3-6-16-7-4-10/h3-4,6-7,9,17H,5,8H2,1-2H3,(H2,15,19)(H,18,20). The number of nitrogens with two attached hydrogens (primary N) is 1. The number of rotatable bonds is 6. The number of anilines is 2. The van der Waals surface area contributed by atoms with E-state index in [9.17, 15) is 4.79 Å². The van der Waals surface area contributed by atoms with Gasteiger partial charge in [0.2, 0.25) is 0 Å². The maximum atomic E-state index is 12.1. The summed E-state index contributed by atoms with van der Waals surface area (Å²) in [6.45, 7) is 4.52. The van der Waals surface area contributed by atoms with E-state index >= 15 is 0 Å². The van der Waals surface area contributed by atoms with Crippen LogP contribution in [0.15, 0.2) is 24.5 Å². The van der Waals surface area contributed by atoms with Crippen LogP contribution in [0.3, 0.4) is 0 Å². The van der Waals surface area contributed by atoms with Crippen LogP contribution in [-0.4, -0.2) is 27.9 Å². The molecule has 6 nitrogen and oxygen atoms in total. The molecule has 2 aromatic rings. The number of hydrogen-bond acceptors (Lipinski definition) is 6. The van der Waals surface area contributed by atoms with Crippen LogP contribution in [0, 0.1) is 0 Å². The SMILES string of the molecule is CC(C)NC(=O)c1c(N)nsc1NCCc1ccncc1. The molecule has 7 heteroatoms. The molecule has 1 amide bonds. The number of amides is 1. The van der Waals surface area contributed by atoms with Gasteiger partial charge in [-0.2, -0.15) is 4.37 Å².